The first-order chi connectivity index (χ1) is 18.5. The second-order valence-electron chi connectivity index (χ2n) is 8.86. The Hall–Kier alpha value is -4.53. The van der Waals surface area contributed by atoms with E-state index < -0.39 is 0 Å². The summed E-state index contributed by atoms with van der Waals surface area (Å²) < 4.78 is 18.0. The number of piperazine rings is 1. The van der Waals surface area contributed by atoms with E-state index in [1.807, 2.05) is 42.2 Å². The Balaban J connectivity index is 1.56. The number of benzene rings is 2. The van der Waals surface area contributed by atoms with Gasteiger partial charge in [-0.3, -0.25) is 14.2 Å². The van der Waals surface area contributed by atoms with Crippen LogP contribution in [-0.4, -0.2) is 67.4 Å². The highest BCUT2D eigenvalue weighted by atomic mass is 16.5. The molecule has 0 saturated carbocycles. The average molecular weight is 515 g/mol. The fourth-order valence-corrected chi connectivity index (χ4v) is 4.75. The predicted octanol–water partition coefficient (Wildman–Crippen LogP) is 3.76. The number of hydrogen-bond donors (Lipinski definition) is 0. The molecule has 9 nitrogen and oxygen atoms in total. The lowest BCUT2D eigenvalue weighted by molar-refractivity contribution is 0.0748. The lowest BCUT2D eigenvalue weighted by Gasteiger charge is -2.35. The van der Waals surface area contributed by atoms with Crippen molar-refractivity contribution in [2.45, 2.75) is 6.92 Å². The number of aromatic nitrogens is 2. The molecule has 196 valence electrons. The van der Waals surface area contributed by atoms with Gasteiger partial charge >= 0.3 is 0 Å². The number of anilines is 1. The molecule has 1 saturated heterocycles. The van der Waals surface area contributed by atoms with Crippen LogP contribution in [0.4, 0.5) is 5.82 Å². The predicted molar refractivity (Wildman–Crippen MR) is 146 cm³/mol. The number of nitrogens with zero attached hydrogens (tertiary/aromatic N) is 4. The monoisotopic (exact) mass is 514 g/mol. The Bertz CT molecular complexity index is 1490. The van der Waals surface area contributed by atoms with Gasteiger partial charge in [0.15, 0.2) is 11.5 Å². The molecule has 38 heavy (non-hydrogen) atoms. The van der Waals surface area contributed by atoms with Crippen molar-refractivity contribution in [3.63, 3.8) is 0 Å². The zero-order valence-corrected chi connectivity index (χ0v) is 21.7. The van der Waals surface area contributed by atoms with Crippen molar-refractivity contribution in [2.75, 3.05) is 51.9 Å². The van der Waals surface area contributed by atoms with E-state index in [9.17, 15) is 9.59 Å². The van der Waals surface area contributed by atoms with Crippen LogP contribution in [0.15, 0.2) is 71.8 Å². The number of carbonyl (C=O) groups is 1. The van der Waals surface area contributed by atoms with Gasteiger partial charge in [-0.25, -0.2) is 4.98 Å². The topological polar surface area (TPSA) is 86.1 Å². The van der Waals surface area contributed by atoms with E-state index in [0.29, 0.717) is 72.1 Å². The van der Waals surface area contributed by atoms with Gasteiger partial charge in [-0.05, 0) is 55.5 Å². The molecule has 4 aromatic rings. The van der Waals surface area contributed by atoms with Crippen LogP contribution in [0.5, 0.6) is 17.2 Å². The quantitative estimate of drug-likeness (QED) is 0.371. The number of amides is 1. The number of ether oxygens (including phenoxy) is 3. The van der Waals surface area contributed by atoms with Crippen LogP contribution in [0, 0.1) is 0 Å². The summed E-state index contributed by atoms with van der Waals surface area (Å²) in [4.78, 5) is 36.0. The summed E-state index contributed by atoms with van der Waals surface area (Å²) in [5.41, 5.74) is 0.784. The molecule has 0 unspecified atom stereocenters. The van der Waals surface area contributed by atoms with Crippen LogP contribution < -0.4 is 24.7 Å². The molecule has 0 radical (unpaired) electrons. The van der Waals surface area contributed by atoms with Gasteiger partial charge in [-0.2, -0.15) is 0 Å². The van der Waals surface area contributed by atoms with Crippen molar-refractivity contribution in [1.82, 2.24) is 14.5 Å². The lowest BCUT2D eigenvalue weighted by atomic mass is 10.0. The number of rotatable bonds is 7. The van der Waals surface area contributed by atoms with Crippen LogP contribution >= 0.6 is 0 Å². The highest BCUT2D eigenvalue weighted by molar-refractivity contribution is 6.07. The minimum atomic E-state index is -0.262. The van der Waals surface area contributed by atoms with E-state index in [0.717, 1.165) is 5.82 Å². The Morgan fingerprint density at radius 3 is 2.21 bits per heavy atom. The minimum absolute atomic E-state index is 0.150. The molecule has 0 atom stereocenters. The van der Waals surface area contributed by atoms with Gasteiger partial charge in [0, 0.05) is 49.6 Å². The Labute approximate surface area is 220 Å². The first-order valence-corrected chi connectivity index (χ1v) is 12.5. The van der Waals surface area contributed by atoms with Gasteiger partial charge < -0.3 is 24.0 Å². The second-order valence-corrected chi connectivity index (χ2v) is 8.86. The average Bonchev–Trinajstić information content (AvgIpc) is 2.97. The molecular formula is C29H30N4O5. The molecule has 1 fully saturated rings. The van der Waals surface area contributed by atoms with Gasteiger partial charge in [0.1, 0.15) is 11.6 Å². The van der Waals surface area contributed by atoms with Gasteiger partial charge in [-0.1, -0.05) is 6.07 Å². The highest BCUT2D eigenvalue weighted by Crippen LogP contribution is 2.33. The van der Waals surface area contributed by atoms with Crippen LogP contribution in [0.2, 0.25) is 0 Å². The number of pyridine rings is 2. The van der Waals surface area contributed by atoms with Crippen molar-refractivity contribution in [2.24, 2.45) is 0 Å². The molecule has 5 rings (SSSR count). The largest absolute Gasteiger partial charge is 0.494 e. The molecule has 0 aliphatic carbocycles. The van der Waals surface area contributed by atoms with Crippen LogP contribution in [0.1, 0.15) is 17.3 Å². The molecule has 0 bridgehead atoms. The van der Waals surface area contributed by atoms with E-state index in [-0.39, 0.29) is 11.5 Å². The van der Waals surface area contributed by atoms with Crippen LogP contribution in [-0.2, 0) is 0 Å². The minimum Gasteiger partial charge on any atom is -0.494 e. The van der Waals surface area contributed by atoms with Gasteiger partial charge in [-0.15, -0.1) is 0 Å². The lowest BCUT2D eigenvalue weighted by Crippen LogP contribution is -2.49. The molecule has 2 aromatic heterocycles. The second kappa shape index (κ2) is 10.8. The fourth-order valence-electron chi connectivity index (χ4n) is 4.75. The molecule has 1 aliphatic heterocycles. The van der Waals surface area contributed by atoms with Crippen molar-refractivity contribution >= 4 is 22.5 Å². The van der Waals surface area contributed by atoms with E-state index in [2.05, 4.69) is 9.88 Å². The standard InChI is InChI=1S/C29H30N4O5/c1-4-38-21-10-8-20(9-11-21)33-19-24(22-17-25(36-2)26(37-3)18-23(22)29(33)35)28(34)32-15-13-31(14-16-32)27-7-5-6-12-30-27/h5-12,17-19H,4,13-16H2,1-3H3. The van der Waals surface area contributed by atoms with Gasteiger partial charge in [0.05, 0.1) is 31.8 Å². The normalized spacial score (nSPS) is 13.4. The third kappa shape index (κ3) is 4.74. The molecule has 0 N–H and O–H groups in total. The molecule has 2 aromatic carbocycles. The first kappa shape index (κ1) is 25.1. The molecule has 3 heterocycles. The van der Waals surface area contributed by atoms with Crippen molar-refractivity contribution < 1.29 is 19.0 Å². The molecular weight excluding hydrogens is 484 g/mol. The highest BCUT2D eigenvalue weighted by Gasteiger charge is 2.26. The summed E-state index contributed by atoms with van der Waals surface area (Å²) in [7, 11) is 3.05. The zero-order valence-electron chi connectivity index (χ0n) is 21.7. The summed E-state index contributed by atoms with van der Waals surface area (Å²) >= 11 is 0. The maximum atomic E-state index is 13.9. The van der Waals surface area contributed by atoms with E-state index in [1.54, 1.807) is 36.7 Å². The Morgan fingerprint density at radius 2 is 1.61 bits per heavy atom. The molecule has 9 heteroatoms. The molecule has 1 aliphatic rings. The summed E-state index contributed by atoms with van der Waals surface area (Å²) in [6.45, 7) is 4.85. The van der Waals surface area contributed by atoms with E-state index in [1.165, 1.54) is 18.8 Å². The molecule has 1 amide bonds. The van der Waals surface area contributed by atoms with Gasteiger partial charge in [0.25, 0.3) is 11.5 Å². The number of methoxy groups -OCH3 is 2. The number of carbonyl (C=O) groups excluding carboxylic acids is 1. The van der Waals surface area contributed by atoms with Crippen molar-refractivity contribution in [3.05, 3.63) is 82.9 Å². The van der Waals surface area contributed by atoms with Crippen LogP contribution in [0.3, 0.4) is 0 Å². The van der Waals surface area contributed by atoms with E-state index in [4.69, 9.17) is 14.2 Å². The van der Waals surface area contributed by atoms with Gasteiger partial charge in [0.2, 0.25) is 0 Å². The van der Waals surface area contributed by atoms with Crippen molar-refractivity contribution in [3.8, 4) is 22.9 Å². The summed E-state index contributed by atoms with van der Waals surface area (Å²) in [6.07, 6.45) is 3.39. The Kier molecular flexibility index (Phi) is 7.17. The first-order valence-electron chi connectivity index (χ1n) is 12.5. The molecule has 0 spiro atoms. The maximum absolute atomic E-state index is 13.9. The smallest absolute Gasteiger partial charge is 0.263 e. The van der Waals surface area contributed by atoms with Crippen molar-refractivity contribution in [1.29, 1.82) is 0 Å². The zero-order chi connectivity index (χ0) is 26.6. The third-order valence-corrected chi connectivity index (χ3v) is 6.72. The maximum Gasteiger partial charge on any atom is 0.263 e. The fraction of sp³-hybridized carbons (Fsp3) is 0.276. The van der Waals surface area contributed by atoms with E-state index >= 15 is 0 Å². The summed E-state index contributed by atoms with van der Waals surface area (Å²) in [5, 5.41) is 0.890. The number of hydrogen-bond acceptors (Lipinski definition) is 7. The Morgan fingerprint density at radius 1 is 0.921 bits per heavy atom. The SMILES string of the molecule is CCOc1ccc(-n2cc(C(=O)N3CCN(c4ccccn4)CC3)c3cc(OC)c(OC)cc3c2=O)cc1. The summed E-state index contributed by atoms with van der Waals surface area (Å²) in [6, 6.07) is 16.4. The van der Waals surface area contributed by atoms with Crippen LogP contribution in [0.25, 0.3) is 16.5 Å². The summed E-state index contributed by atoms with van der Waals surface area (Å²) in [5.74, 6) is 2.32. The number of fused-ring (bicyclic) bond motifs is 1. The third-order valence-electron chi connectivity index (χ3n) is 6.72.